The van der Waals surface area contributed by atoms with Crippen molar-refractivity contribution < 1.29 is 23.9 Å². The zero-order chi connectivity index (χ0) is 21.5. The van der Waals surface area contributed by atoms with E-state index < -0.39 is 51.5 Å². The summed E-state index contributed by atoms with van der Waals surface area (Å²) in [5.41, 5.74) is 3.92. The van der Waals surface area contributed by atoms with E-state index in [2.05, 4.69) is 0 Å². The van der Waals surface area contributed by atoms with Crippen molar-refractivity contribution in [2.45, 2.75) is 57.2 Å². The summed E-state index contributed by atoms with van der Waals surface area (Å²) in [7, 11) is 0. The SMILES string of the molecule is C[C@@H]1C[C@H]2[C@@H]3C[C@H](F)C4=CC(=O)C=C[C@]4(C)[C@@]3(Cl)[C@@H](O)C[C@]2(C)[C@H]1C(=O)C(N)=O. The van der Waals surface area contributed by atoms with Crippen molar-refractivity contribution in [3.8, 4) is 0 Å². The number of nitrogens with two attached hydrogens (primary N) is 1. The largest absolute Gasteiger partial charge is 0.391 e. The van der Waals surface area contributed by atoms with Gasteiger partial charge in [-0.3, -0.25) is 14.4 Å². The number of Topliss-reactive ketones (excluding diaryl/α,β-unsaturated/α-hetero) is 1. The van der Waals surface area contributed by atoms with E-state index >= 15 is 4.39 Å². The summed E-state index contributed by atoms with van der Waals surface area (Å²) in [6, 6.07) is 0. The third kappa shape index (κ3) is 2.45. The molecule has 1 amide bonds. The van der Waals surface area contributed by atoms with Gasteiger partial charge < -0.3 is 10.8 Å². The normalized spacial score (nSPS) is 51.0. The predicted molar refractivity (Wildman–Crippen MR) is 106 cm³/mol. The summed E-state index contributed by atoms with van der Waals surface area (Å²) < 4.78 is 15.3. The lowest BCUT2D eigenvalue weighted by atomic mass is 9.46. The van der Waals surface area contributed by atoms with Crippen LogP contribution in [0.15, 0.2) is 23.8 Å². The van der Waals surface area contributed by atoms with Crippen LogP contribution >= 0.6 is 11.6 Å². The molecule has 0 radical (unpaired) electrons. The van der Waals surface area contributed by atoms with Gasteiger partial charge in [-0.1, -0.05) is 26.8 Å². The fourth-order valence-corrected chi connectivity index (χ4v) is 7.77. The molecular weight excluding hydrogens is 397 g/mol. The average Bonchev–Trinajstić information content (AvgIpc) is 2.89. The maximum Gasteiger partial charge on any atom is 0.285 e. The quantitative estimate of drug-likeness (QED) is 0.526. The second-order valence-corrected chi connectivity index (χ2v) is 10.5. The van der Waals surface area contributed by atoms with Crippen molar-refractivity contribution in [2.24, 2.45) is 40.2 Å². The van der Waals surface area contributed by atoms with Crippen LogP contribution in [0.3, 0.4) is 0 Å². The van der Waals surface area contributed by atoms with Gasteiger partial charge in [0.15, 0.2) is 5.78 Å². The predicted octanol–water partition coefficient (Wildman–Crippen LogP) is 2.49. The maximum absolute atomic E-state index is 15.3. The van der Waals surface area contributed by atoms with Gasteiger partial charge in [0.1, 0.15) is 6.17 Å². The first kappa shape index (κ1) is 20.7. The third-order valence-corrected chi connectivity index (χ3v) is 9.42. The van der Waals surface area contributed by atoms with E-state index in [4.69, 9.17) is 17.3 Å². The van der Waals surface area contributed by atoms with Crippen LogP contribution in [0.5, 0.6) is 0 Å². The molecular formula is C22H27ClFNO4. The number of carbonyl (C=O) groups is 3. The Hall–Kier alpha value is -1.53. The van der Waals surface area contributed by atoms with E-state index in [-0.39, 0.29) is 30.5 Å². The van der Waals surface area contributed by atoms with Crippen LogP contribution in [0.4, 0.5) is 4.39 Å². The molecule has 0 saturated heterocycles. The number of aliphatic hydroxyl groups is 1. The minimum absolute atomic E-state index is 0.0769. The summed E-state index contributed by atoms with van der Waals surface area (Å²) in [6.45, 7) is 5.58. The summed E-state index contributed by atoms with van der Waals surface area (Å²) in [5, 5.41) is 11.3. The molecule has 0 unspecified atom stereocenters. The van der Waals surface area contributed by atoms with Gasteiger partial charge in [0, 0.05) is 11.3 Å². The number of carbonyl (C=O) groups excluding carboxylic acids is 3. The van der Waals surface area contributed by atoms with E-state index in [9.17, 15) is 19.5 Å². The van der Waals surface area contributed by atoms with Crippen molar-refractivity contribution in [3.63, 3.8) is 0 Å². The van der Waals surface area contributed by atoms with Crippen LogP contribution in [0.25, 0.3) is 0 Å². The molecule has 0 aliphatic heterocycles. The minimum atomic E-state index is -1.36. The van der Waals surface area contributed by atoms with Crippen molar-refractivity contribution >= 4 is 29.1 Å². The van der Waals surface area contributed by atoms with Gasteiger partial charge in [0.2, 0.25) is 5.78 Å². The van der Waals surface area contributed by atoms with Crippen molar-refractivity contribution in [1.29, 1.82) is 0 Å². The average molecular weight is 424 g/mol. The molecule has 0 aromatic carbocycles. The lowest BCUT2D eigenvalue weighted by Crippen LogP contribution is -2.67. The first-order valence-corrected chi connectivity index (χ1v) is 10.6. The molecule has 0 aromatic rings. The number of aliphatic hydroxyl groups excluding tert-OH is 1. The summed E-state index contributed by atoms with van der Waals surface area (Å²) >= 11 is 7.22. The number of allylic oxidation sites excluding steroid dienone is 4. The Kier molecular flexibility index (Phi) is 4.46. The highest BCUT2D eigenvalue weighted by molar-refractivity contribution is 6.36. The van der Waals surface area contributed by atoms with Gasteiger partial charge in [-0.25, -0.2) is 4.39 Å². The lowest BCUT2D eigenvalue weighted by molar-refractivity contribution is -0.147. The fraction of sp³-hybridized carbons (Fsp3) is 0.682. The zero-order valence-electron chi connectivity index (χ0n) is 16.8. The first-order valence-electron chi connectivity index (χ1n) is 10.2. The van der Waals surface area contributed by atoms with E-state index in [1.165, 1.54) is 12.2 Å². The molecule has 3 saturated carbocycles. The molecule has 0 bridgehead atoms. The van der Waals surface area contributed by atoms with Gasteiger partial charge in [-0.05, 0) is 60.2 Å². The highest BCUT2D eigenvalue weighted by Crippen LogP contribution is 2.70. The van der Waals surface area contributed by atoms with E-state index in [1.54, 1.807) is 13.0 Å². The van der Waals surface area contributed by atoms with Crippen LogP contribution in [-0.4, -0.2) is 39.7 Å². The molecule has 3 fully saturated rings. The first-order chi connectivity index (χ1) is 13.4. The highest BCUT2D eigenvalue weighted by Gasteiger charge is 2.72. The molecule has 4 aliphatic rings. The van der Waals surface area contributed by atoms with E-state index in [0.29, 0.717) is 12.0 Å². The Morgan fingerprint density at radius 1 is 1.28 bits per heavy atom. The number of primary amides is 1. The molecule has 3 N–H and O–H groups in total. The smallest absolute Gasteiger partial charge is 0.285 e. The van der Waals surface area contributed by atoms with Gasteiger partial charge in [0.25, 0.3) is 5.91 Å². The van der Waals surface area contributed by atoms with Crippen molar-refractivity contribution in [2.75, 3.05) is 0 Å². The Balaban J connectivity index is 1.84. The number of halogens is 2. The van der Waals surface area contributed by atoms with Crippen molar-refractivity contribution in [3.05, 3.63) is 23.8 Å². The van der Waals surface area contributed by atoms with Gasteiger partial charge >= 0.3 is 0 Å². The molecule has 4 aliphatic carbocycles. The fourth-order valence-electron chi connectivity index (χ4n) is 7.28. The van der Waals surface area contributed by atoms with Crippen LogP contribution in [-0.2, 0) is 14.4 Å². The second kappa shape index (κ2) is 6.24. The molecule has 0 heterocycles. The van der Waals surface area contributed by atoms with Crippen LogP contribution in [0.1, 0.15) is 40.0 Å². The highest BCUT2D eigenvalue weighted by atomic mass is 35.5. The molecule has 158 valence electrons. The molecule has 0 spiro atoms. The summed E-state index contributed by atoms with van der Waals surface area (Å²) in [5.74, 6) is -3.18. The second-order valence-electron chi connectivity index (χ2n) is 9.87. The number of alkyl halides is 2. The number of hydrogen-bond acceptors (Lipinski definition) is 4. The van der Waals surface area contributed by atoms with Crippen LogP contribution in [0.2, 0.25) is 0 Å². The Morgan fingerprint density at radius 3 is 2.55 bits per heavy atom. The van der Waals surface area contributed by atoms with Crippen LogP contribution < -0.4 is 5.73 Å². The standard InChI is InChI=1S/C22H27ClFNO4/c1-10-6-12-13-8-15(24)14-7-11(26)4-5-21(14,3)22(13,23)16(27)9-20(12,2)17(10)18(28)19(25)29/h4-5,7,10,12-13,15-17,27H,6,8-9H2,1-3H3,(H2,25,29)/t10-,12+,13+,15+,16+,17-,20+,21+,22+/m1/s1. The molecule has 5 nitrogen and oxygen atoms in total. The minimum Gasteiger partial charge on any atom is -0.391 e. The summed E-state index contributed by atoms with van der Waals surface area (Å²) in [4.78, 5) is 35.0. The van der Waals surface area contributed by atoms with Crippen molar-refractivity contribution in [1.82, 2.24) is 0 Å². The lowest BCUT2D eigenvalue weighted by Gasteiger charge is -2.63. The number of ketones is 2. The molecule has 9 atom stereocenters. The summed E-state index contributed by atoms with van der Waals surface area (Å²) in [6.07, 6.45) is 2.83. The monoisotopic (exact) mass is 423 g/mol. The molecule has 0 aromatic heterocycles. The maximum atomic E-state index is 15.3. The Labute approximate surface area is 174 Å². The molecule has 7 heteroatoms. The van der Waals surface area contributed by atoms with E-state index in [1.807, 2.05) is 13.8 Å². The number of amides is 1. The van der Waals surface area contributed by atoms with Gasteiger partial charge in [-0.15, -0.1) is 11.6 Å². The number of hydrogen-bond donors (Lipinski definition) is 2. The number of rotatable bonds is 2. The topological polar surface area (TPSA) is 97.5 Å². The Bertz CT molecular complexity index is 871. The number of fused-ring (bicyclic) bond motifs is 5. The van der Waals surface area contributed by atoms with Gasteiger partial charge in [-0.2, -0.15) is 0 Å². The Morgan fingerprint density at radius 2 is 1.93 bits per heavy atom. The van der Waals surface area contributed by atoms with Gasteiger partial charge in [0.05, 0.1) is 11.0 Å². The van der Waals surface area contributed by atoms with E-state index in [0.717, 1.165) is 0 Å². The van der Waals surface area contributed by atoms with Crippen LogP contribution in [0, 0.1) is 34.5 Å². The molecule has 29 heavy (non-hydrogen) atoms. The molecule has 4 rings (SSSR count). The zero-order valence-corrected chi connectivity index (χ0v) is 17.6. The third-order valence-electron chi connectivity index (χ3n) is 8.49.